The summed E-state index contributed by atoms with van der Waals surface area (Å²) < 4.78 is 5.12. The maximum Gasteiger partial charge on any atom is 0.234 e. The minimum Gasteiger partial charge on any atom is -0.497 e. The molecule has 1 saturated heterocycles. The molecule has 0 bridgehead atoms. The maximum absolute atomic E-state index is 11.1. The topological polar surface area (TPSA) is 50.4 Å². The van der Waals surface area contributed by atoms with E-state index in [0.29, 0.717) is 13.1 Å². The Morgan fingerprint density at radius 2 is 2.00 bits per heavy atom. The van der Waals surface area contributed by atoms with Gasteiger partial charge in [0.25, 0.3) is 0 Å². The lowest BCUT2D eigenvalue weighted by atomic mass is 9.90. The summed E-state index contributed by atoms with van der Waals surface area (Å²) in [5.74, 6) is 0.887. The number of rotatable bonds is 2. The minimum absolute atomic E-state index is 0.0472. The van der Waals surface area contributed by atoms with E-state index < -0.39 is 0 Å². The van der Waals surface area contributed by atoms with Gasteiger partial charge in [-0.2, -0.15) is 0 Å². The van der Waals surface area contributed by atoms with E-state index in [1.807, 2.05) is 24.3 Å². The molecule has 1 aliphatic heterocycles. The number of carbonyl (C=O) groups excluding carboxylic acids is 1. The Bertz CT molecular complexity index is 377. The van der Waals surface area contributed by atoms with Gasteiger partial charge in [-0.1, -0.05) is 12.1 Å². The van der Waals surface area contributed by atoms with Crippen LogP contribution in [-0.2, 0) is 10.3 Å². The normalized spacial score (nSPS) is 25.0. The number of hydrogen-bond donors (Lipinski definition) is 2. The van der Waals surface area contributed by atoms with Crippen molar-refractivity contribution in [3.8, 4) is 5.75 Å². The smallest absolute Gasteiger partial charge is 0.234 e. The van der Waals surface area contributed by atoms with E-state index >= 15 is 0 Å². The van der Waals surface area contributed by atoms with Gasteiger partial charge in [-0.05, 0) is 24.6 Å². The fourth-order valence-corrected chi connectivity index (χ4v) is 1.84. The molecule has 1 unspecified atom stereocenters. The number of piperazine rings is 1. The van der Waals surface area contributed by atoms with Crippen LogP contribution in [-0.4, -0.2) is 26.1 Å². The van der Waals surface area contributed by atoms with E-state index in [0.717, 1.165) is 11.3 Å². The average Bonchev–Trinajstić information content (AvgIpc) is 2.33. The molecule has 4 heteroatoms. The zero-order chi connectivity index (χ0) is 11.6. The third kappa shape index (κ3) is 2.02. The van der Waals surface area contributed by atoms with E-state index in [2.05, 4.69) is 17.6 Å². The van der Waals surface area contributed by atoms with Gasteiger partial charge in [-0.25, -0.2) is 0 Å². The number of amides is 1. The number of hydrogen-bond acceptors (Lipinski definition) is 3. The zero-order valence-corrected chi connectivity index (χ0v) is 9.54. The Labute approximate surface area is 95.0 Å². The van der Waals surface area contributed by atoms with Crippen LogP contribution in [0.5, 0.6) is 5.75 Å². The second-order valence-corrected chi connectivity index (χ2v) is 4.19. The summed E-state index contributed by atoms with van der Waals surface area (Å²) in [5.41, 5.74) is 0.952. The molecule has 1 heterocycles. The van der Waals surface area contributed by atoms with Gasteiger partial charge in [0.1, 0.15) is 5.75 Å². The highest BCUT2D eigenvalue weighted by atomic mass is 16.5. The average molecular weight is 220 g/mol. The van der Waals surface area contributed by atoms with E-state index in [4.69, 9.17) is 4.74 Å². The van der Waals surface area contributed by atoms with Crippen LogP contribution in [0.1, 0.15) is 12.5 Å². The monoisotopic (exact) mass is 220 g/mol. The lowest BCUT2D eigenvalue weighted by molar-refractivity contribution is -0.122. The van der Waals surface area contributed by atoms with Gasteiger partial charge in [0.2, 0.25) is 5.91 Å². The molecule has 1 fully saturated rings. The molecule has 0 spiro atoms. The first kappa shape index (κ1) is 11.0. The summed E-state index contributed by atoms with van der Waals surface area (Å²) >= 11 is 0. The molecule has 1 atom stereocenters. The van der Waals surface area contributed by atoms with E-state index in [1.165, 1.54) is 0 Å². The van der Waals surface area contributed by atoms with Crippen LogP contribution in [0.3, 0.4) is 0 Å². The predicted octanol–water partition coefficient (Wildman–Crippen LogP) is 0.630. The van der Waals surface area contributed by atoms with Crippen LogP contribution in [0, 0.1) is 0 Å². The van der Waals surface area contributed by atoms with Crippen molar-refractivity contribution in [1.82, 2.24) is 10.6 Å². The van der Waals surface area contributed by atoms with Gasteiger partial charge in [-0.3, -0.25) is 10.1 Å². The van der Waals surface area contributed by atoms with Crippen LogP contribution >= 0.6 is 0 Å². The first-order chi connectivity index (χ1) is 7.64. The number of carbonyl (C=O) groups is 1. The highest BCUT2D eigenvalue weighted by Crippen LogP contribution is 2.23. The summed E-state index contributed by atoms with van der Waals surface area (Å²) in [7, 11) is 1.65. The van der Waals surface area contributed by atoms with Gasteiger partial charge in [0.15, 0.2) is 0 Å². The lowest BCUT2D eigenvalue weighted by Gasteiger charge is -2.35. The van der Waals surface area contributed by atoms with Crippen molar-refractivity contribution in [3.05, 3.63) is 29.8 Å². The summed E-state index contributed by atoms with van der Waals surface area (Å²) in [6, 6.07) is 7.89. The first-order valence-electron chi connectivity index (χ1n) is 5.30. The van der Waals surface area contributed by atoms with Crippen LogP contribution in [0.4, 0.5) is 0 Å². The highest BCUT2D eigenvalue weighted by molar-refractivity contribution is 5.79. The van der Waals surface area contributed by atoms with Crippen LogP contribution in [0.15, 0.2) is 24.3 Å². The second-order valence-electron chi connectivity index (χ2n) is 4.19. The van der Waals surface area contributed by atoms with Crippen molar-refractivity contribution in [2.75, 3.05) is 20.2 Å². The van der Waals surface area contributed by atoms with Crippen molar-refractivity contribution < 1.29 is 9.53 Å². The molecule has 1 aliphatic rings. The standard InChI is InChI=1S/C12H16N2O2/c1-12(8-13-11(15)7-14-12)9-3-5-10(16-2)6-4-9/h3-6,14H,7-8H2,1-2H3,(H,13,15). The Morgan fingerprint density at radius 1 is 1.31 bits per heavy atom. The van der Waals surface area contributed by atoms with E-state index in [1.54, 1.807) is 7.11 Å². The molecule has 2 rings (SSSR count). The van der Waals surface area contributed by atoms with Crippen molar-refractivity contribution >= 4 is 5.91 Å². The molecule has 2 N–H and O–H groups in total. The number of ether oxygens (including phenoxy) is 1. The van der Waals surface area contributed by atoms with Crippen molar-refractivity contribution in [2.24, 2.45) is 0 Å². The Hall–Kier alpha value is -1.55. The number of nitrogens with one attached hydrogen (secondary N) is 2. The molecule has 16 heavy (non-hydrogen) atoms. The first-order valence-corrected chi connectivity index (χ1v) is 5.30. The molecule has 86 valence electrons. The zero-order valence-electron chi connectivity index (χ0n) is 9.54. The molecule has 1 aromatic carbocycles. The van der Waals surface area contributed by atoms with Crippen molar-refractivity contribution in [1.29, 1.82) is 0 Å². The van der Waals surface area contributed by atoms with Gasteiger partial charge in [-0.15, -0.1) is 0 Å². The van der Waals surface area contributed by atoms with Gasteiger partial charge >= 0.3 is 0 Å². The fraction of sp³-hybridized carbons (Fsp3) is 0.417. The summed E-state index contributed by atoms with van der Waals surface area (Å²) in [6.07, 6.45) is 0. The quantitative estimate of drug-likeness (QED) is 0.768. The fourth-order valence-electron chi connectivity index (χ4n) is 1.84. The summed E-state index contributed by atoms with van der Waals surface area (Å²) in [5, 5.41) is 6.11. The molecular formula is C12H16N2O2. The lowest BCUT2D eigenvalue weighted by Crippen LogP contribution is -2.57. The Balaban J connectivity index is 2.19. The molecule has 0 saturated carbocycles. The van der Waals surface area contributed by atoms with E-state index in [-0.39, 0.29) is 11.4 Å². The van der Waals surface area contributed by atoms with Crippen LogP contribution in [0.25, 0.3) is 0 Å². The number of methoxy groups -OCH3 is 1. The molecule has 1 aromatic rings. The predicted molar refractivity (Wildman–Crippen MR) is 61.4 cm³/mol. The Morgan fingerprint density at radius 3 is 2.50 bits per heavy atom. The SMILES string of the molecule is COc1ccc(C2(C)CNC(=O)CN2)cc1. The van der Waals surface area contributed by atoms with Gasteiger partial charge in [0, 0.05) is 6.54 Å². The van der Waals surface area contributed by atoms with E-state index in [9.17, 15) is 4.79 Å². The summed E-state index contributed by atoms with van der Waals surface area (Å²) in [6.45, 7) is 3.05. The number of benzene rings is 1. The third-order valence-electron chi connectivity index (χ3n) is 3.01. The Kier molecular flexibility index (Phi) is 2.83. The van der Waals surface area contributed by atoms with Crippen molar-refractivity contribution in [2.45, 2.75) is 12.5 Å². The highest BCUT2D eigenvalue weighted by Gasteiger charge is 2.30. The molecule has 0 aliphatic carbocycles. The van der Waals surface area contributed by atoms with Crippen molar-refractivity contribution in [3.63, 3.8) is 0 Å². The van der Waals surface area contributed by atoms with Crippen LogP contribution in [0.2, 0.25) is 0 Å². The largest absolute Gasteiger partial charge is 0.497 e. The van der Waals surface area contributed by atoms with Gasteiger partial charge < -0.3 is 10.1 Å². The second kappa shape index (κ2) is 4.14. The third-order valence-corrected chi connectivity index (χ3v) is 3.01. The molecule has 0 aromatic heterocycles. The minimum atomic E-state index is -0.194. The molecule has 1 amide bonds. The maximum atomic E-state index is 11.1. The molecule has 0 radical (unpaired) electrons. The summed E-state index contributed by atoms with van der Waals surface area (Å²) in [4.78, 5) is 11.1. The molecular weight excluding hydrogens is 204 g/mol. The van der Waals surface area contributed by atoms with Crippen LogP contribution < -0.4 is 15.4 Å². The van der Waals surface area contributed by atoms with Gasteiger partial charge in [0.05, 0.1) is 19.2 Å². The molecule has 4 nitrogen and oxygen atoms in total.